The normalized spacial score (nSPS) is 16.7. The number of anilines is 1. The fourth-order valence-electron chi connectivity index (χ4n) is 4.09. The van der Waals surface area contributed by atoms with E-state index in [-0.39, 0.29) is 11.9 Å². The summed E-state index contributed by atoms with van der Waals surface area (Å²) in [6.45, 7) is 11.8. The lowest BCUT2D eigenvalue weighted by atomic mass is 10.00. The fraction of sp³-hybridized carbons (Fsp3) is 0.536. The summed E-state index contributed by atoms with van der Waals surface area (Å²) in [5, 5.41) is 0. The van der Waals surface area contributed by atoms with E-state index in [4.69, 9.17) is 14.2 Å². The molecule has 214 valence electrons. The molecule has 1 aliphatic rings. The number of likely N-dealkylation sites (tertiary alicyclic amines) is 1. The molecule has 0 spiro atoms. The van der Waals surface area contributed by atoms with Crippen molar-refractivity contribution >= 4 is 18.0 Å². The lowest BCUT2D eigenvalue weighted by Gasteiger charge is -2.28. The number of nitrogens with zero attached hydrogens (tertiary/aromatic N) is 3. The number of methoxy groups -OCH3 is 1. The summed E-state index contributed by atoms with van der Waals surface area (Å²) in [6, 6.07) is 6.35. The first-order valence-corrected chi connectivity index (χ1v) is 12.6. The van der Waals surface area contributed by atoms with Gasteiger partial charge in [0.2, 0.25) is 0 Å². The highest BCUT2D eigenvalue weighted by atomic mass is 19.4. The molecule has 0 saturated carbocycles. The number of carbonyl (C=O) groups excluding carboxylic acids is 2. The highest BCUT2D eigenvalue weighted by Crippen LogP contribution is 2.34. The van der Waals surface area contributed by atoms with Gasteiger partial charge in [-0.15, -0.1) is 0 Å². The van der Waals surface area contributed by atoms with Gasteiger partial charge in [-0.25, -0.2) is 14.6 Å². The molecule has 1 aliphatic heterocycles. The number of aromatic nitrogens is 1. The summed E-state index contributed by atoms with van der Waals surface area (Å²) >= 11 is 0. The van der Waals surface area contributed by atoms with Crippen LogP contribution in [0.4, 0.5) is 28.6 Å². The SMILES string of the molecule is CO[C@H]1CCN(Cc2cc(N(C(=O)OC(C)(C)C)C(=O)OC(C)(C)C)ncc2-c2ccc(C(F)(F)F)cc2)C1. The number of halogens is 3. The Morgan fingerprint density at radius 2 is 1.56 bits per heavy atom. The van der Waals surface area contributed by atoms with Crippen LogP contribution in [0.3, 0.4) is 0 Å². The first-order valence-electron chi connectivity index (χ1n) is 12.6. The number of benzene rings is 1. The van der Waals surface area contributed by atoms with Gasteiger partial charge in [0, 0.05) is 38.5 Å². The van der Waals surface area contributed by atoms with Crippen molar-refractivity contribution in [1.29, 1.82) is 0 Å². The van der Waals surface area contributed by atoms with Gasteiger partial charge in [-0.3, -0.25) is 4.90 Å². The van der Waals surface area contributed by atoms with Crippen molar-refractivity contribution in [1.82, 2.24) is 9.88 Å². The number of hydrogen-bond donors (Lipinski definition) is 0. The number of hydrogen-bond acceptors (Lipinski definition) is 7. The van der Waals surface area contributed by atoms with Gasteiger partial charge in [-0.1, -0.05) is 12.1 Å². The van der Waals surface area contributed by atoms with Crippen LogP contribution in [-0.2, 0) is 26.9 Å². The van der Waals surface area contributed by atoms with Crippen LogP contribution in [0.25, 0.3) is 11.1 Å². The molecule has 1 saturated heterocycles. The number of carbonyl (C=O) groups is 2. The van der Waals surface area contributed by atoms with E-state index in [1.54, 1.807) is 54.7 Å². The molecule has 39 heavy (non-hydrogen) atoms. The Morgan fingerprint density at radius 1 is 1.00 bits per heavy atom. The molecule has 0 N–H and O–H groups in total. The van der Waals surface area contributed by atoms with Crippen molar-refractivity contribution in [3.05, 3.63) is 47.7 Å². The molecular weight excluding hydrogens is 515 g/mol. The Labute approximate surface area is 227 Å². The minimum Gasteiger partial charge on any atom is -0.443 e. The van der Waals surface area contributed by atoms with Gasteiger partial charge in [0.25, 0.3) is 0 Å². The number of amides is 2. The van der Waals surface area contributed by atoms with Gasteiger partial charge < -0.3 is 14.2 Å². The molecule has 0 radical (unpaired) electrons. The molecule has 1 aromatic heterocycles. The second kappa shape index (κ2) is 11.5. The third-order valence-corrected chi connectivity index (χ3v) is 5.84. The van der Waals surface area contributed by atoms with E-state index >= 15 is 0 Å². The van der Waals surface area contributed by atoms with Crippen LogP contribution < -0.4 is 4.90 Å². The second-order valence-electron chi connectivity index (χ2n) is 11.5. The van der Waals surface area contributed by atoms with E-state index in [2.05, 4.69) is 9.88 Å². The van der Waals surface area contributed by atoms with E-state index in [0.29, 0.717) is 29.8 Å². The summed E-state index contributed by atoms with van der Waals surface area (Å²) in [4.78, 5) is 33.5. The largest absolute Gasteiger partial charge is 0.443 e. The Kier molecular flexibility index (Phi) is 8.96. The number of rotatable bonds is 5. The van der Waals surface area contributed by atoms with Crippen LogP contribution in [0.1, 0.15) is 59.1 Å². The Bertz CT molecular complexity index is 1140. The highest BCUT2D eigenvalue weighted by molar-refractivity contribution is 6.08. The molecule has 2 heterocycles. The van der Waals surface area contributed by atoms with Gasteiger partial charge >= 0.3 is 18.4 Å². The van der Waals surface area contributed by atoms with Crippen LogP contribution in [0.15, 0.2) is 36.5 Å². The topological polar surface area (TPSA) is 81.2 Å². The van der Waals surface area contributed by atoms with E-state index in [1.807, 2.05) is 0 Å². The molecule has 11 heteroatoms. The smallest absolute Gasteiger partial charge is 0.425 e. The average Bonchev–Trinajstić information content (AvgIpc) is 3.24. The third kappa shape index (κ3) is 8.40. The molecule has 2 amide bonds. The summed E-state index contributed by atoms with van der Waals surface area (Å²) in [6.07, 6.45) is -4.06. The first-order chi connectivity index (χ1) is 18.0. The van der Waals surface area contributed by atoms with Crippen LogP contribution >= 0.6 is 0 Å². The Balaban J connectivity index is 2.07. The maximum Gasteiger partial charge on any atom is 0.425 e. The van der Waals surface area contributed by atoms with E-state index in [9.17, 15) is 22.8 Å². The van der Waals surface area contributed by atoms with E-state index in [1.165, 1.54) is 18.3 Å². The van der Waals surface area contributed by atoms with Crippen molar-refractivity contribution < 1.29 is 37.0 Å². The van der Waals surface area contributed by atoms with Crippen molar-refractivity contribution in [2.45, 2.75) is 78.0 Å². The lowest BCUT2D eigenvalue weighted by Crippen LogP contribution is -2.44. The maximum absolute atomic E-state index is 13.1. The molecule has 0 bridgehead atoms. The molecule has 1 fully saturated rings. The molecule has 0 unspecified atom stereocenters. The quantitative estimate of drug-likeness (QED) is 0.411. The van der Waals surface area contributed by atoms with Gasteiger partial charge in [0.15, 0.2) is 0 Å². The lowest BCUT2D eigenvalue weighted by molar-refractivity contribution is -0.137. The monoisotopic (exact) mass is 551 g/mol. The van der Waals surface area contributed by atoms with Crippen molar-refractivity contribution in [2.75, 3.05) is 25.1 Å². The average molecular weight is 552 g/mol. The van der Waals surface area contributed by atoms with Gasteiger partial charge in [0.05, 0.1) is 11.7 Å². The van der Waals surface area contributed by atoms with Crippen molar-refractivity contribution in [3.8, 4) is 11.1 Å². The zero-order valence-electron chi connectivity index (χ0n) is 23.4. The summed E-state index contributed by atoms with van der Waals surface area (Å²) in [5.41, 5.74) is -0.812. The number of alkyl halides is 3. The Hall–Kier alpha value is -3.18. The fourth-order valence-corrected chi connectivity index (χ4v) is 4.09. The minimum atomic E-state index is -4.46. The standard InChI is InChI=1S/C28H36F3N3O5/c1-26(2,3)38-24(35)34(25(36)39-27(4,5)6)23-14-19(16-33-13-12-21(17-33)37-7)22(15-32-23)18-8-10-20(11-9-18)28(29,30)31/h8-11,14-15,21H,12-13,16-17H2,1-7H3/t21-/m0/s1. The number of ether oxygens (including phenoxy) is 3. The van der Waals surface area contributed by atoms with Crippen molar-refractivity contribution in [3.63, 3.8) is 0 Å². The zero-order valence-corrected chi connectivity index (χ0v) is 23.4. The summed E-state index contributed by atoms with van der Waals surface area (Å²) in [7, 11) is 1.64. The van der Waals surface area contributed by atoms with Crippen LogP contribution in [0, 0.1) is 0 Å². The summed E-state index contributed by atoms with van der Waals surface area (Å²) in [5.74, 6) is -0.0216. The molecule has 0 aliphatic carbocycles. The molecular formula is C28H36F3N3O5. The van der Waals surface area contributed by atoms with Crippen LogP contribution in [-0.4, -0.2) is 59.6 Å². The third-order valence-electron chi connectivity index (χ3n) is 5.84. The van der Waals surface area contributed by atoms with Crippen LogP contribution in [0.2, 0.25) is 0 Å². The molecule has 8 nitrogen and oxygen atoms in total. The predicted molar refractivity (Wildman–Crippen MR) is 140 cm³/mol. The summed E-state index contributed by atoms with van der Waals surface area (Å²) < 4.78 is 55.8. The van der Waals surface area contributed by atoms with E-state index in [0.717, 1.165) is 30.0 Å². The molecule has 1 atom stereocenters. The van der Waals surface area contributed by atoms with E-state index < -0.39 is 35.1 Å². The zero-order chi connectivity index (χ0) is 29.2. The predicted octanol–water partition coefficient (Wildman–Crippen LogP) is 6.66. The minimum absolute atomic E-state index is 0.0216. The number of pyridine rings is 1. The number of imide groups is 1. The first kappa shape index (κ1) is 30.4. The molecule has 3 rings (SSSR count). The maximum atomic E-state index is 13.1. The molecule has 1 aromatic carbocycles. The van der Waals surface area contributed by atoms with Crippen LogP contribution in [0.5, 0.6) is 0 Å². The van der Waals surface area contributed by atoms with Crippen molar-refractivity contribution in [2.24, 2.45) is 0 Å². The highest BCUT2D eigenvalue weighted by Gasteiger charge is 2.35. The van der Waals surface area contributed by atoms with Gasteiger partial charge in [0.1, 0.15) is 17.0 Å². The van der Waals surface area contributed by atoms with Gasteiger partial charge in [-0.05, 0) is 77.3 Å². The molecule has 2 aromatic rings. The Morgan fingerprint density at radius 3 is 2.03 bits per heavy atom. The second-order valence-corrected chi connectivity index (χ2v) is 11.5. The van der Waals surface area contributed by atoms with Gasteiger partial charge in [-0.2, -0.15) is 18.1 Å².